The molecule has 4 aliphatic heterocycles. The van der Waals surface area contributed by atoms with Crippen molar-refractivity contribution < 1.29 is 25.2 Å². The molecule has 11 unspecified atom stereocenters. The molecular formula is C33H55N3O5. The molecule has 1 saturated carbocycles. The summed E-state index contributed by atoms with van der Waals surface area (Å²) in [5.41, 5.74) is -1.52. The fourth-order valence-corrected chi connectivity index (χ4v) is 9.22. The molecular weight excluding hydrogens is 518 g/mol. The molecule has 8 heteroatoms. The third-order valence-corrected chi connectivity index (χ3v) is 11.8. The molecule has 5 rings (SSSR count). The standard InChI is InChI=1S/C33H55N3O5/c1-22-30(38)9-8-29-28-7-6-25(17-26(28)11-15-36(22)29)24-4-3-5-27-18-32(2,13-14-34-27)35-21-33(41,19-31(39)40)12-10-23(16-24)20-37/h22-30,34-35,37-38,41H,5-21H2,1-2H3,(H,39,40). The maximum atomic E-state index is 11.7. The van der Waals surface area contributed by atoms with Crippen LogP contribution in [0.15, 0.2) is 0 Å². The lowest BCUT2D eigenvalue weighted by molar-refractivity contribution is -0.143. The number of carbonyl (C=O) groups is 1. The second-order valence-electron chi connectivity index (χ2n) is 14.7. The molecule has 3 saturated heterocycles. The summed E-state index contributed by atoms with van der Waals surface area (Å²) < 4.78 is 0. The molecule has 4 heterocycles. The van der Waals surface area contributed by atoms with Gasteiger partial charge in [-0.25, -0.2) is 0 Å². The molecule has 5 aliphatic rings. The van der Waals surface area contributed by atoms with E-state index < -0.39 is 11.6 Å². The third-order valence-electron chi connectivity index (χ3n) is 11.8. The highest BCUT2D eigenvalue weighted by Gasteiger charge is 2.47. The normalized spacial score (nSPS) is 46.2. The number of nitrogens with one attached hydrogen (secondary N) is 2. The van der Waals surface area contributed by atoms with Crippen LogP contribution < -0.4 is 10.6 Å². The quantitative estimate of drug-likeness (QED) is 0.284. The maximum Gasteiger partial charge on any atom is 0.306 e. The molecule has 11 atom stereocenters. The van der Waals surface area contributed by atoms with E-state index in [1.165, 1.54) is 19.3 Å². The number of rotatable bonds is 4. The second kappa shape index (κ2) is 13.2. The molecule has 0 aromatic heterocycles. The summed E-state index contributed by atoms with van der Waals surface area (Å²) in [4.78, 5) is 14.3. The van der Waals surface area contributed by atoms with Gasteiger partial charge in [0.05, 0.1) is 18.1 Å². The van der Waals surface area contributed by atoms with Gasteiger partial charge in [0.25, 0.3) is 0 Å². The Balaban J connectivity index is 1.33. The largest absolute Gasteiger partial charge is 0.481 e. The van der Waals surface area contributed by atoms with Crippen LogP contribution in [0.25, 0.3) is 0 Å². The summed E-state index contributed by atoms with van der Waals surface area (Å²) in [6, 6.07) is 1.12. The predicted molar refractivity (Wildman–Crippen MR) is 159 cm³/mol. The van der Waals surface area contributed by atoms with E-state index in [0.29, 0.717) is 36.6 Å². The number of aliphatic hydroxyl groups is 3. The van der Waals surface area contributed by atoms with Crippen LogP contribution in [0.4, 0.5) is 0 Å². The first-order valence-corrected chi connectivity index (χ1v) is 16.5. The molecule has 232 valence electrons. The Morgan fingerprint density at radius 1 is 1.07 bits per heavy atom. The second-order valence-corrected chi connectivity index (χ2v) is 14.7. The van der Waals surface area contributed by atoms with Crippen LogP contribution in [0.5, 0.6) is 0 Å². The van der Waals surface area contributed by atoms with E-state index in [1.807, 2.05) is 0 Å². The first kappa shape index (κ1) is 31.2. The van der Waals surface area contributed by atoms with Crippen molar-refractivity contribution in [3.63, 3.8) is 0 Å². The number of aliphatic hydroxyl groups excluding tert-OH is 2. The molecule has 0 amide bonds. The molecule has 2 bridgehead atoms. The van der Waals surface area contributed by atoms with Crippen LogP contribution in [0.1, 0.15) is 97.3 Å². The van der Waals surface area contributed by atoms with E-state index in [4.69, 9.17) is 0 Å². The highest BCUT2D eigenvalue weighted by Crippen LogP contribution is 2.48. The summed E-state index contributed by atoms with van der Waals surface area (Å²) in [6.45, 7) is 6.61. The molecule has 0 spiro atoms. The van der Waals surface area contributed by atoms with Crippen LogP contribution in [-0.4, -0.2) is 92.9 Å². The van der Waals surface area contributed by atoms with Gasteiger partial charge in [-0.1, -0.05) is 5.92 Å². The van der Waals surface area contributed by atoms with Crippen molar-refractivity contribution in [1.29, 1.82) is 0 Å². The number of β-amino-alcohol motifs (C(OH)–C–C–N with tert-alkyl or cyclic N) is 1. The van der Waals surface area contributed by atoms with E-state index in [0.717, 1.165) is 58.0 Å². The number of hydrogen-bond donors (Lipinski definition) is 6. The lowest BCUT2D eigenvalue weighted by Crippen LogP contribution is -2.59. The van der Waals surface area contributed by atoms with Crippen molar-refractivity contribution in [3.8, 4) is 11.8 Å². The zero-order chi connectivity index (χ0) is 29.2. The number of aliphatic carboxylic acids is 1. The molecule has 1 aliphatic carbocycles. The lowest BCUT2D eigenvalue weighted by atomic mass is 9.62. The minimum atomic E-state index is -1.34. The average molecular weight is 574 g/mol. The first-order valence-electron chi connectivity index (χ1n) is 16.5. The van der Waals surface area contributed by atoms with Gasteiger partial charge in [0.1, 0.15) is 0 Å². The van der Waals surface area contributed by atoms with E-state index in [9.17, 15) is 25.2 Å². The summed E-state index contributed by atoms with van der Waals surface area (Å²) in [5, 5.41) is 49.1. The van der Waals surface area contributed by atoms with Crippen LogP contribution in [0, 0.1) is 41.4 Å². The van der Waals surface area contributed by atoms with Gasteiger partial charge in [-0.2, -0.15) is 0 Å². The lowest BCUT2D eigenvalue weighted by Gasteiger charge is -2.55. The molecule has 6 N–H and O–H groups in total. The maximum absolute atomic E-state index is 11.7. The van der Waals surface area contributed by atoms with E-state index in [-0.39, 0.29) is 55.1 Å². The van der Waals surface area contributed by atoms with Gasteiger partial charge in [0, 0.05) is 49.2 Å². The third kappa shape index (κ3) is 7.48. The van der Waals surface area contributed by atoms with Gasteiger partial charge in [0.15, 0.2) is 0 Å². The van der Waals surface area contributed by atoms with Crippen molar-refractivity contribution in [3.05, 3.63) is 0 Å². The van der Waals surface area contributed by atoms with Gasteiger partial charge in [-0.15, -0.1) is 5.92 Å². The predicted octanol–water partition coefficient (Wildman–Crippen LogP) is 2.74. The Hall–Kier alpha value is -1.21. The number of hydrogen-bond acceptors (Lipinski definition) is 7. The van der Waals surface area contributed by atoms with Crippen molar-refractivity contribution in [1.82, 2.24) is 15.5 Å². The number of nitrogens with zero attached hydrogens (tertiary/aromatic N) is 1. The van der Waals surface area contributed by atoms with Gasteiger partial charge in [0.2, 0.25) is 0 Å². The number of carboxylic acid groups (broad SMARTS) is 1. The SMILES string of the molecule is CC1C(O)CCC2C3CCC(C4C#CCC5CC(C)(CCN5)NCC(O)(CC(=O)O)CCC(CO)C4)CC3CCN12. The van der Waals surface area contributed by atoms with Crippen molar-refractivity contribution in [2.24, 2.45) is 29.6 Å². The van der Waals surface area contributed by atoms with Crippen LogP contribution in [-0.2, 0) is 4.79 Å². The summed E-state index contributed by atoms with van der Waals surface area (Å²) in [6.07, 6.45) is 10.6. The van der Waals surface area contributed by atoms with Gasteiger partial charge < -0.3 is 31.1 Å². The minimum absolute atomic E-state index is 0.00831. The fraction of sp³-hybridized carbons (Fsp3) is 0.909. The van der Waals surface area contributed by atoms with Gasteiger partial charge >= 0.3 is 5.97 Å². The summed E-state index contributed by atoms with van der Waals surface area (Å²) >= 11 is 0. The summed E-state index contributed by atoms with van der Waals surface area (Å²) in [7, 11) is 0. The van der Waals surface area contributed by atoms with Gasteiger partial charge in [-0.3, -0.25) is 9.69 Å². The molecule has 41 heavy (non-hydrogen) atoms. The Kier molecular flexibility index (Phi) is 10.0. The monoisotopic (exact) mass is 573 g/mol. The molecule has 4 fully saturated rings. The topological polar surface area (TPSA) is 125 Å². The van der Waals surface area contributed by atoms with E-state index in [2.05, 4.69) is 41.2 Å². The zero-order valence-electron chi connectivity index (χ0n) is 25.4. The van der Waals surface area contributed by atoms with Crippen LogP contribution in [0.2, 0.25) is 0 Å². The average Bonchev–Trinajstić information content (AvgIpc) is 2.94. The van der Waals surface area contributed by atoms with E-state index in [1.54, 1.807) is 0 Å². The number of fused-ring (bicyclic) bond motifs is 5. The van der Waals surface area contributed by atoms with Crippen LogP contribution in [0.3, 0.4) is 0 Å². The number of carboxylic acids is 1. The molecule has 0 aromatic carbocycles. The number of piperidine rings is 3. The van der Waals surface area contributed by atoms with Crippen molar-refractivity contribution in [2.75, 3.05) is 26.2 Å². The summed E-state index contributed by atoms with van der Waals surface area (Å²) in [5.74, 6) is 8.44. The zero-order valence-corrected chi connectivity index (χ0v) is 25.4. The van der Waals surface area contributed by atoms with E-state index >= 15 is 0 Å². The first-order chi connectivity index (χ1) is 19.6. The Morgan fingerprint density at radius 3 is 2.68 bits per heavy atom. The molecule has 0 aromatic rings. The molecule has 8 nitrogen and oxygen atoms in total. The van der Waals surface area contributed by atoms with Gasteiger partial charge in [-0.05, 0) is 121 Å². The minimum Gasteiger partial charge on any atom is -0.481 e. The highest BCUT2D eigenvalue weighted by atomic mass is 16.4. The highest BCUT2D eigenvalue weighted by molar-refractivity contribution is 5.68. The van der Waals surface area contributed by atoms with Crippen molar-refractivity contribution >= 4 is 5.97 Å². The Bertz CT molecular complexity index is 968. The molecule has 0 radical (unpaired) electrons. The fourth-order valence-electron chi connectivity index (χ4n) is 9.22. The Morgan fingerprint density at radius 2 is 1.90 bits per heavy atom. The van der Waals surface area contributed by atoms with Crippen LogP contribution >= 0.6 is 0 Å². The van der Waals surface area contributed by atoms with Crippen molar-refractivity contribution in [2.45, 2.75) is 133 Å². The smallest absolute Gasteiger partial charge is 0.306 e. The Labute approximate surface area is 247 Å².